The molecule has 2 aromatic rings. The van der Waals surface area contributed by atoms with Crippen molar-refractivity contribution in [3.8, 4) is 6.07 Å². The van der Waals surface area contributed by atoms with E-state index in [1.54, 1.807) is 25.1 Å². The number of nitriles is 1. The fraction of sp³-hybridized carbons (Fsp3) is 0.261. The molecule has 0 unspecified atom stereocenters. The molecule has 1 heterocycles. The summed E-state index contributed by atoms with van der Waals surface area (Å²) >= 11 is 4.47. The van der Waals surface area contributed by atoms with Gasteiger partial charge in [-0.25, -0.2) is 0 Å². The number of carbonyl (C=O) groups excluding carboxylic acids is 1. The number of alkyl halides is 3. The van der Waals surface area contributed by atoms with Gasteiger partial charge in [0.1, 0.15) is 11.8 Å². The summed E-state index contributed by atoms with van der Waals surface area (Å²) in [5.74, 6) is 0.361. The molecule has 2 aromatic carbocycles. The van der Waals surface area contributed by atoms with Gasteiger partial charge in [-0.3, -0.25) is 9.79 Å². The fourth-order valence-corrected chi connectivity index (χ4v) is 3.58. The summed E-state index contributed by atoms with van der Waals surface area (Å²) in [6.07, 6.45) is -3.74. The van der Waals surface area contributed by atoms with Crippen molar-refractivity contribution in [3.05, 3.63) is 70.4 Å². The number of nitrogens with one attached hydrogen (secondary N) is 2. The van der Waals surface area contributed by atoms with E-state index in [4.69, 9.17) is 5.73 Å². The standard InChI is InChI=1S/C23H22F3N5OS/c1-13(29-12-18(28)8-14-2-5-17(6-3-14)23(24,25)26)30-20(11-27)22(33)15-4-7-19-16(9-15)10-21(32)31-19/h2-7,9,18,33H,8,10,12,28H2,1H3,(H,29,30)(H,31,32)/b22-20-/t18-/m0/s1. The van der Waals surface area contributed by atoms with E-state index >= 15 is 0 Å². The van der Waals surface area contributed by atoms with E-state index in [1.165, 1.54) is 12.1 Å². The third-order valence-electron chi connectivity index (χ3n) is 5.00. The van der Waals surface area contributed by atoms with Gasteiger partial charge in [0.25, 0.3) is 0 Å². The van der Waals surface area contributed by atoms with E-state index in [2.05, 4.69) is 34.3 Å². The van der Waals surface area contributed by atoms with Crippen LogP contribution in [0.2, 0.25) is 0 Å². The molecule has 0 aromatic heterocycles. The molecule has 1 aliphatic rings. The molecule has 1 aliphatic heterocycles. The quantitative estimate of drug-likeness (QED) is 0.221. The molecule has 172 valence electrons. The second-order valence-electron chi connectivity index (χ2n) is 7.64. The normalized spacial score (nSPS) is 15.3. The van der Waals surface area contributed by atoms with Crippen LogP contribution in [0, 0.1) is 11.3 Å². The van der Waals surface area contributed by atoms with Crippen molar-refractivity contribution in [2.24, 2.45) is 10.7 Å². The SMILES string of the molecule is CC(=NC[C@@H](N)Cc1ccc(C(F)(F)F)cc1)N/C(C#N)=C(\S)c1ccc2c(c1)CC(=O)N2. The van der Waals surface area contributed by atoms with Gasteiger partial charge in [0.05, 0.1) is 24.4 Å². The lowest BCUT2D eigenvalue weighted by Gasteiger charge is -2.12. The molecule has 0 radical (unpaired) electrons. The van der Waals surface area contributed by atoms with Crippen LogP contribution in [0.25, 0.3) is 4.91 Å². The monoisotopic (exact) mass is 473 g/mol. The Kier molecular flexibility index (Phi) is 7.46. The van der Waals surface area contributed by atoms with Gasteiger partial charge in [-0.2, -0.15) is 18.4 Å². The first kappa shape index (κ1) is 24.4. The largest absolute Gasteiger partial charge is 0.416 e. The Morgan fingerprint density at radius 2 is 2.00 bits per heavy atom. The van der Waals surface area contributed by atoms with Crippen LogP contribution in [0.5, 0.6) is 0 Å². The zero-order valence-electron chi connectivity index (χ0n) is 17.7. The second-order valence-corrected chi connectivity index (χ2v) is 8.09. The maximum atomic E-state index is 12.7. The number of nitrogens with two attached hydrogens (primary N) is 1. The van der Waals surface area contributed by atoms with E-state index in [1.807, 2.05) is 0 Å². The van der Waals surface area contributed by atoms with E-state index in [0.717, 1.165) is 23.4 Å². The van der Waals surface area contributed by atoms with Gasteiger partial charge in [0.15, 0.2) is 0 Å². The molecule has 0 saturated carbocycles. The minimum absolute atomic E-state index is 0.0823. The lowest BCUT2D eigenvalue weighted by molar-refractivity contribution is -0.137. The highest BCUT2D eigenvalue weighted by molar-refractivity contribution is 7.90. The minimum Gasteiger partial charge on any atom is -0.335 e. The Labute approximate surface area is 194 Å². The molecule has 1 atom stereocenters. The molecule has 3 rings (SSSR count). The number of fused-ring (bicyclic) bond motifs is 1. The van der Waals surface area contributed by atoms with Crippen molar-refractivity contribution in [3.63, 3.8) is 0 Å². The number of carbonyl (C=O) groups is 1. The van der Waals surface area contributed by atoms with Crippen LogP contribution in [-0.4, -0.2) is 24.3 Å². The molecular formula is C23H22F3N5OS. The Balaban J connectivity index is 1.62. The smallest absolute Gasteiger partial charge is 0.335 e. The summed E-state index contributed by atoms with van der Waals surface area (Å²) in [5, 5.41) is 15.2. The highest BCUT2D eigenvalue weighted by Gasteiger charge is 2.30. The Morgan fingerprint density at radius 1 is 1.30 bits per heavy atom. The number of amidine groups is 1. The first-order chi connectivity index (χ1) is 15.6. The summed E-state index contributed by atoms with van der Waals surface area (Å²) in [4.78, 5) is 16.3. The van der Waals surface area contributed by atoms with E-state index < -0.39 is 17.8 Å². The van der Waals surface area contributed by atoms with Crippen LogP contribution in [0.3, 0.4) is 0 Å². The molecule has 0 saturated heterocycles. The van der Waals surface area contributed by atoms with Crippen molar-refractivity contribution < 1.29 is 18.0 Å². The predicted molar refractivity (Wildman–Crippen MR) is 125 cm³/mol. The topological polar surface area (TPSA) is 103 Å². The molecule has 0 bridgehead atoms. The summed E-state index contributed by atoms with van der Waals surface area (Å²) in [5.41, 5.74) is 8.50. The summed E-state index contributed by atoms with van der Waals surface area (Å²) < 4.78 is 38.0. The lowest BCUT2D eigenvalue weighted by atomic mass is 10.0. The van der Waals surface area contributed by atoms with Crippen LogP contribution in [0.15, 0.2) is 53.2 Å². The number of nitrogens with zero attached hydrogens (tertiary/aromatic N) is 2. The number of amides is 1. The fourth-order valence-electron chi connectivity index (χ4n) is 3.33. The number of hydrogen-bond acceptors (Lipinski definition) is 5. The molecule has 1 amide bonds. The predicted octanol–water partition coefficient (Wildman–Crippen LogP) is 3.90. The van der Waals surface area contributed by atoms with Crippen molar-refractivity contribution in [1.82, 2.24) is 5.32 Å². The molecule has 0 spiro atoms. The average Bonchev–Trinajstić information content (AvgIpc) is 3.14. The lowest BCUT2D eigenvalue weighted by Crippen LogP contribution is -2.28. The minimum atomic E-state index is -4.38. The van der Waals surface area contributed by atoms with Gasteiger partial charge in [-0.15, -0.1) is 12.6 Å². The van der Waals surface area contributed by atoms with Crippen LogP contribution in [-0.2, 0) is 23.8 Å². The Hall–Kier alpha value is -3.29. The zero-order chi connectivity index (χ0) is 24.2. The van der Waals surface area contributed by atoms with Crippen molar-refractivity contribution in [1.29, 1.82) is 5.26 Å². The Bertz CT molecular complexity index is 1150. The first-order valence-electron chi connectivity index (χ1n) is 10.0. The molecule has 33 heavy (non-hydrogen) atoms. The highest BCUT2D eigenvalue weighted by Crippen LogP contribution is 2.30. The molecule has 0 fully saturated rings. The highest BCUT2D eigenvalue weighted by atomic mass is 32.1. The number of benzene rings is 2. The average molecular weight is 474 g/mol. The summed E-state index contributed by atoms with van der Waals surface area (Å²) in [6, 6.07) is 11.8. The number of thiol groups is 1. The van der Waals surface area contributed by atoms with Crippen LogP contribution in [0.1, 0.15) is 29.2 Å². The number of hydrogen-bond donors (Lipinski definition) is 4. The van der Waals surface area contributed by atoms with Gasteiger partial charge in [-0.05, 0) is 54.3 Å². The number of anilines is 1. The van der Waals surface area contributed by atoms with Gasteiger partial charge < -0.3 is 16.4 Å². The maximum Gasteiger partial charge on any atom is 0.416 e. The molecular weight excluding hydrogens is 451 g/mol. The molecule has 0 aliphatic carbocycles. The summed E-state index contributed by atoms with van der Waals surface area (Å²) in [7, 11) is 0. The van der Waals surface area contributed by atoms with Crippen molar-refractivity contribution in [2.75, 3.05) is 11.9 Å². The molecule has 6 nitrogen and oxygen atoms in total. The van der Waals surface area contributed by atoms with Gasteiger partial charge in [0, 0.05) is 16.6 Å². The molecule has 4 N–H and O–H groups in total. The van der Waals surface area contributed by atoms with Crippen molar-refractivity contribution >= 4 is 35.0 Å². The third-order valence-corrected chi connectivity index (χ3v) is 5.48. The second kappa shape index (κ2) is 10.1. The van der Waals surface area contributed by atoms with Crippen LogP contribution < -0.4 is 16.4 Å². The maximum absolute atomic E-state index is 12.7. The van der Waals surface area contributed by atoms with Crippen LogP contribution in [0.4, 0.5) is 18.9 Å². The third kappa shape index (κ3) is 6.37. The zero-order valence-corrected chi connectivity index (χ0v) is 18.6. The van der Waals surface area contributed by atoms with Gasteiger partial charge in [-0.1, -0.05) is 18.2 Å². The van der Waals surface area contributed by atoms with E-state index in [9.17, 15) is 23.2 Å². The first-order valence-corrected chi connectivity index (χ1v) is 10.5. The van der Waals surface area contributed by atoms with Crippen molar-refractivity contribution in [2.45, 2.75) is 32.0 Å². The number of rotatable bonds is 6. The molecule has 10 heteroatoms. The van der Waals surface area contributed by atoms with E-state index in [0.29, 0.717) is 28.3 Å². The van der Waals surface area contributed by atoms with Gasteiger partial charge in [0.2, 0.25) is 5.91 Å². The van der Waals surface area contributed by atoms with Crippen LogP contribution >= 0.6 is 12.6 Å². The summed E-state index contributed by atoms with van der Waals surface area (Å²) in [6.45, 7) is 1.89. The number of allylic oxidation sites excluding steroid dienone is 1. The number of aliphatic imine (C=N–C) groups is 1. The number of halogens is 3. The van der Waals surface area contributed by atoms with E-state index in [-0.39, 0.29) is 24.6 Å². The van der Waals surface area contributed by atoms with Gasteiger partial charge >= 0.3 is 6.18 Å². The Morgan fingerprint density at radius 3 is 2.64 bits per heavy atom.